The quantitative estimate of drug-likeness (QED) is 0.485. The first-order valence-corrected chi connectivity index (χ1v) is 10.6. The third-order valence-corrected chi connectivity index (χ3v) is 5.12. The van der Waals surface area contributed by atoms with Crippen molar-refractivity contribution in [2.45, 2.75) is 26.2 Å². The number of carbonyl (C=O) groups is 2. The molecular formula is C24H30N2O5. The lowest BCUT2D eigenvalue weighted by Crippen LogP contribution is -2.36. The maximum absolute atomic E-state index is 12.4. The van der Waals surface area contributed by atoms with Crippen LogP contribution >= 0.6 is 0 Å². The van der Waals surface area contributed by atoms with E-state index in [2.05, 4.69) is 10.2 Å². The lowest BCUT2D eigenvalue weighted by atomic mass is 10.1. The van der Waals surface area contributed by atoms with Crippen LogP contribution in [0.3, 0.4) is 0 Å². The summed E-state index contributed by atoms with van der Waals surface area (Å²) in [6.07, 6.45) is 1.81. The zero-order chi connectivity index (χ0) is 22.1. The number of hydrogen-bond acceptors (Lipinski definition) is 6. The Morgan fingerprint density at radius 2 is 1.90 bits per heavy atom. The summed E-state index contributed by atoms with van der Waals surface area (Å²) in [5, 5.41) is 2.85. The fraction of sp³-hybridized carbons (Fsp3) is 0.417. The van der Waals surface area contributed by atoms with Crippen molar-refractivity contribution in [3.05, 3.63) is 53.6 Å². The molecule has 2 aromatic carbocycles. The third-order valence-electron chi connectivity index (χ3n) is 5.12. The number of nitrogens with one attached hydrogen (secondary N) is 1. The number of esters is 1. The van der Waals surface area contributed by atoms with E-state index in [1.54, 1.807) is 12.1 Å². The number of rotatable bonds is 9. The molecule has 7 nitrogen and oxygen atoms in total. The van der Waals surface area contributed by atoms with Gasteiger partial charge in [-0.2, -0.15) is 0 Å². The minimum Gasteiger partial charge on any atom is -0.494 e. The molecule has 0 aliphatic carbocycles. The Labute approximate surface area is 183 Å². The van der Waals surface area contributed by atoms with Crippen molar-refractivity contribution >= 4 is 23.3 Å². The number of morpholine rings is 1. The summed E-state index contributed by atoms with van der Waals surface area (Å²) >= 11 is 0. The maximum atomic E-state index is 12.4. The van der Waals surface area contributed by atoms with E-state index in [0.29, 0.717) is 43.9 Å². The number of anilines is 2. The summed E-state index contributed by atoms with van der Waals surface area (Å²) in [6, 6.07) is 13.3. The molecule has 0 radical (unpaired) electrons. The second-order valence-electron chi connectivity index (χ2n) is 7.49. The SMILES string of the molecule is COC(=O)c1cc(N2CCOCC2)ccc1NC(=O)CCCCOc1cccc(C)c1. The summed E-state index contributed by atoms with van der Waals surface area (Å²) in [7, 11) is 1.34. The molecule has 1 heterocycles. The van der Waals surface area contributed by atoms with Crippen molar-refractivity contribution in [3.8, 4) is 5.75 Å². The number of aryl methyl sites for hydroxylation is 1. The number of benzene rings is 2. The van der Waals surface area contributed by atoms with Crippen LogP contribution < -0.4 is 15.0 Å². The Hall–Kier alpha value is -3.06. The molecule has 3 rings (SSSR count). The highest BCUT2D eigenvalue weighted by atomic mass is 16.5. The first-order chi connectivity index (χ1) is 15.1. The molecule has 0 saturated carbocycles. The number of methoxy groups -OCH3 is 1. The fourth-order valence-corrected chi connectivity index (χ4v) is 3.43. The molecule has 0 aromatic heterocycles. The van der Waals surface area contributed by atoms with Crippen molar-refractivity contribution in [3.63, 3.8) is 0 Å². The van der Waals surface area contributed by atoms with Crippen LogP contribution in [0.1, 0.15) is 35.2 Å². The molecular weight excluding hydrogens is 396 g/mol. The molecule has 1 aliphatic heterocycles. The van der Waals surface area contributed by atoms with Gasteiger partial charge < -0.3 is 24.4 Å². The number of nitrogens with zero attached hydrogens (tertiary/aromatic N) is 1. The molecule has 31 heavy (non-hydrogen) atoms. The smallest absolute Gasteiger partial charge is 0.340 e. The third kappa shape index (κ3) is 6.72. The first-order valence-electron chi connectivity index (χ1n) is 10.6. The zero-order valence-electron chi connectivity index (χ0n) is 18.2. The van der Waals surface area contributed by atoms with Gasteiger partial charge in [-0.3, -0.25) is 4.79 Å². The molecule has 1 N–H and O–H groups in total. The van der Waals surface area contributed by atoms with Crippen LogP contribution in [0.4, 0.5) is 11.4 Å². The predicted molar refractivity (Wildman–Crippen MR) is 120 cm³/mol. The van der Waals surface area contributed by atoms with E-state index in [1.807, 2.05) is 37.3 Å². The maximum Gasteiger partial charge on any atom is 0.340 e. The molecule has 1 saturated heterocycles. The van der Waals surface area contributed by atoms with E-state index in [-0.39, 0.29) is 5.91 Å². The molecule has 1 aliphatic rings. The molecule has 1 amide bonds. The molecule has 0 unspecified atom stereocenters. The molecule has 0 spiro atoms. The lowest BCUT2D eigenvalue weighted by molar-refractivity contribution is -0.116. The van der Waals surface area contributed by atoms with Crippen molar-refractivity contribution < 1.29 is 23.8 Å². The van der Waals surface area contributed by atoms with Crippen molar-refractivity contribution in [2.75, 3.05) is 50.2 Å². The normalized spacial score (nSPS) is 13.5. The van der Waals surface area contributed by atoms with Gasteiger partial charge in [0.1, 0.15) is 5.75 Å². The van der Waals surface area contributed by atoms with Crippen LogP contribution in [0.2, 0.25) is 0 Å². The summed E-state index contributed by atoms with van der Waals surface area (Å²) in [5.41, 5.74) is 2.88. The molecule has 0 atom stereocenters. The van der Waals surface area contributed by atoms with E-state index in [4.69, 9.17) is 14.2 Å². The Morgan fingerprint density at radius 3 is 2.65 bits per heavy atom. The van der Waals surface area contributed by atoms with E-state index in [0.717, 1.165) is 36.5 Å². The van der Waals surface area contributed by atoms with Crippen LogP contribution in [0, 0.1) is 6.92 Å². The summed E-state index contributed by atoms with van der Waals surface area (Å²) in [5.74, 6) is 0.226. The van der Waals surface area contributed by atoms with Gasteiger partial charge in [-0.1, -0.05) is 12.1 Å². The highest BCUT2D eigenvalue weighted by molar-refractivity contribution is 6.02. The lowest BCUT2D eigenvalue weighted by Gasteiger charge is -2.29. The largest absolute Gasteiger partial charge is 0.494 e. The van der Waals surface area contributed by atoms with Gasteiger partial charge in [-0.05, 0) is 55.7 Å². The average Bonchev–Trinajstić information content (AvgIpc) is 2.79. The van der Waals surface area contributed by atoms with Crippen LogP contribution in [-0.2, 0) is 14.3 Å². The van der Waals surface area contributed by atoms with E-state index in [9.17, 15) is 9.59 Å². The fourth-order valence-electron chi connectivity index (χ4n) is 3.43. The van der Waals surface area contributed by atoms with E-state index in [1.165, 1.54) is 7.11 Å². The van der Waals surface area contributed by atoms with E-state index >= 15 is 0 Å². The predicted octanol–water partition coefficient (Wildman–Crippen LogP) is 3.81. The molecule has 1 fully saturated rings. The van der Waals surface area contributed by atoms with Crippen LogP contribution in [0.5, 0.6) is 5.75 Å². The van der Waals surface area contributed by atoms with Crippen LogP contribution in [-0.4, -0.2) is 51.9 Å². The Kier molecular flexibility index (Phi) is 8.29. The van der Waals surface area contributed by atoms with E-state index < -0.39 is 5.97 Å². The van der Waals surface area contributed by atoms with Gasteiger partial charge >= 0.3 is 5.97 Å². The molecule has 166 valence electrons. The highest BCUT2D eigenvalue weighted by Gasteiger charge is 2.18. The topological polar surface area (TPSA) is 77.1 Å². The number of amides is 1. The standard InChI is InChI=1S/C24H30N2O5/c1-18-6-5-7-20(16-18)31-13-4-3-8-23(27)25-22-10-9-19(17-21(22)24(28)29-2)26-11-14-30-15-12-26/h5-7,9-10,16-17H,3-4,8,11-15H2,1-2H3,(H,25,27). The number of unbranched alkanes of at least 4 members (excludes halogenated alkanes) is 1. The van der Waals surface area contributed by atoms with Crippen molar-refractivity contribution in [1.82, 2.24) is 0 Å². The van der Waals surface area contributed by atoms with Crippen LogP contribution in [0.25, 0.3) is 0 Å². The van der Waals surface area contributed by atoms with Gasteiger partial charge in [0.25, 0.3) is 0 Å². The Balaban J connectivity index is 1.51. The summed E-state index contributed by atoms with van der Waals surface area (Å²) in [4.78, 5) is 26.8. The monoisotopic (exact) mass is 426 g/mol. The summed E-state index contributed by atoms with van der Waals surface area (Å²) < 4.78 is 16.0. The first kappa shape index (κ1) is 22.6. The number of ether oxygens (including phenoxy) is 3. The Bertz CT molecular complexity index is 893. The van der Waals surface area contributed by atoms with Crippen molar-refractivity contribution in [2.24, 2.45) is 0 Å². The highest BCUT2D eigenvalue weighted by Crippen LogP contribution is 2.25. The minimum absolute atomic E-state index is 0.139. The molecule has 7 heteroatoms. The molecule has 0 bridgehead atoms. The minimum atomic E-state index is -0.475. The average molecular weight is 427 g/mol. The summed E-state index contributed by atoms with van der Waals surface area (Å²) in [6.45, 7) is 5.40. The van der Waals surface area contributed by atoms with Gasteiger partial charge in [-0.15, -0.1) is 0 Å². The Morgan fingerprint density at radius 1 is 1.10 bits per heavy atom. The number of carbonyl (C=O) groups excluding carboxylic acids is 2. The van der Waals surface area contributed by atoms with Gasteiger partial charge in [-0.25, -0.2) is 4.79 Å². The van der Waals surface area contributed by atoms with Gasteiger partial charge in [0.15, 0.2) is 0 Å². The zero-order valence-corrected chi connectivity index (χ0v) is 18.2. The second-order valence-corrected chi connectivity index (χ2v) is 7.49. The van der Waals surface area contributed by atoms with Gasteiger partial charge in [0, 0.05) is 25.2 Å². The van der Waals surface area contributed by atoms with Gasteiger partial charge in [0.2, 0.25) is 5.91 Å². The molecule has 2 aromatic rings. The number of hydrogen-bond donors (Lipinski definition) is 1. The van der Waals surface area contributed by atoms with Crippen LogP contribution in [0.15, 0.2) is 42.5 Å². The van der Waals surface area contributed by atoms with Gasteiger partial charge in [0.05, 0.1) is 38.2 Å². The second kappa shape index (κ2) is 11.4. The van der Waals surface area contributed by atoms with Crippen molar-refractivity contribution in [1.29, 1.82) is 0 Å².